The van der Waals surface area contributed by atoms with Crippen LogP contribution in [0.25, 0.3) is 0 Å². The number of hydrogen-bond acceptors (Lipinski definition) is 6. The van der Waals surface area contributed by atoms with Crippen LogP contribution in [-0.4, -0.2) is 47.2 Å². The van der Waals surface area contributed by atoms with E-state index in [0.717, 1.165) is 16.9 Å². The summed E-state index contributed by atoms with van der Waals surface area (Å²) in [6.45, 7) is 6.41. The van der Waals surface area contributed by atoms with E-state index in [2.05, 4.69) is 19.2 Å². The van der Waals surface area contributed by atoms with Crippen molar-refractivity contribution in [2.45, 2.75) is 37.7 Å². The highest BCUT2D eigenvalue weighted by molar-refractivity contribution is 7.92. The zero-order valence-electron chi connectivity index (χ0n) is 21.4. The number of anilines is 1. The first kappa shape index (κ1) is 26.3. The smallest absolute Gasteiger partial charge is 0.264 e. The molecule has 0 fully saturated rings. The van der Waals surface area contributed by atoms with Crippen LogP contribution >= 0.6 is 0 Å². The fourth-order valence-electron chi connectivity index (χ4n) is 4.14. The predicted octanol–water partition coefficient (Wildman–Crippen LogP) is 4.28. The molecule has 4 rings (SSSR count). The fourth-order valence-corrected chi connectivity index (χ4v) is 5.61. The third-order valence-corrected chi connectivity index (χ3v) is 7.92. The van der Waals surface area contributed by atoms with E-state index in [1.165, 1.54) is 23.5 Å². The van der Waals surface area contributed by atoms with E-state index in [4.69, 9.17) is 14.2 Å². The number of benzene rings is 3. The number of fused-ring (bicyclic) bond motifs is 1. The Morgan fingerprint density at radius 2 is 1.84 bits per heavy atom. The molecule has 3 aromatic carbocycles. The summed E-state index contributed by atoms with van der Waals surface area (Å²) < 4.78 is 45.4. The Labute approximate surface area is 218 Å². The number of sulfonamides is 1. The van der Waals surface area contributed by atoms with Crippen molar-refractivity contribution >= 4 is 21.6 Å². The monoisotopic (exact) mass is 524 g/mol. The molecule has 1 N–H and O–H groups in total. The second-order valence-electron chi connectivity index (χ2n) is 9.12. The van der Waals surface area contributed by atoms with Crippen molar-refractivity contribution < 1.29 is 27.4 Å². The molecule has 37 heavy (non-hydrogen) atoms. The minimum absolute atomic E-state index is 0.0963. The summed E-state index contributed by atoms with van der Waals surface area (Å²) in [6, 6.07) is 19.2. The number of aryl methyl sites for hydroxylation is 1. The lowest BCUT2D eigenvalue weighted by Gasteiger charge is -2.35. The topological polar surface area (TPSA) is 94.2 Å². The van der Waals surface area contributed by atoms with Crippen LogP contribution in [0.15, 0.2) is 71.6 Å². The van der Waals surface area contributed by atoms with Gasteiger partial charge in [0.2, 0.25) is 0 Å². The average Bonchev–Trinajstić information content (AvgIpc) is 2.90. The molecule has 1 heterocycles. The largest absolute Gasteiger partial charge is 0.497 e. The maximum absolute atomic E-state index is 13.6. The first-order valence-corrected chi connectivity index (χ1v) is 13.6. The highest BCUT2D eigenvalue weighted by Crippen LogP contribution is 2.38. The van der Waals surface area contributed by atoms with Crippen LogP contribution in [0.5, 0.6) is 17.2 Å². The minimum atomic E-state index is -3.96. The lowest BCUT2D eigenvalue weighted by molar-refractivity contribution is -0.127. The zero-order chi connectivity index (χ0) is 26.6. The Kier molecular flexibility index (Phi) is 7.92. The quantitative estimate of drug-likeness (QED) is 0.420. The number of rotatable bonds is 9. The van der Waals surface area contributed by atoms with Crippen LogP contribution in [0.1, 0.15) is 30.9 Å². The van der Waals surface area contributed by atoms with Crippen molar-refractivity contribution in [1.82, 2.24) is 5.32 Å². The Morgan fingerprint density at radius 3 is 2.54 bits per heavy atom. The van der Waals surface area contributed by atoms with Crippen LogP contribution in [0.3, 0.4) is 0 Å². The van der Waals surface area contributed by atoms with Gasteiger partial charge in [0.1, 0.15) is 23.9 Å². The number of nitrogens with one attached hydrogen (secondary N) is 1. The molecule has 1 aliphatic heterocycles. The maximum atomic E-state index is 13.6. The summed E-state index contributed by atoms with van der Waals surface area (Å²) in [5.74, 6) is 1.55. The lowest BCUT2D eigenvalue weighted by Crippen LogP contribution is -2.51. The SMILES string of the molecule is COc1ccc(S(=O)(=O)N2C[C@@H](C(=O)NCCOc3ccccc3C(C)C)Oc3ccc(C)cc32)cc1. The summed E-state index contributed by atoms with van der Waals surface area (Å²) in [4.78, 5) is 13.1. The molecule has 0 aromatic heterocycles. The van der Waals surface area contributed by atoms with E-state index in [-0.39, 0.29) is 24.6 Å². The summed E-state index contributed by atoms with van der Waals surface area (Å²) in [6.07, 6.45) is -1.02. The molecule has 1 atom stereocenters. The van der Waals surface area contributed by atoms with Crippen molar-refractivity contribution in [3.8, 4) is 17.2 Å². The van der Waals surface area contributed by atoms with Crippen LogP contribution in [0.2, 0.25) is 0 Å². The molecule has 0 saturated heterocycles. The van der Waals surface area contributed by atoms with Crippen molar-refractivity contribution in [2.75, 3.05) is 31.1 Å². The van der Waals surface area contributed by atoms with Gasteiger partial charge in [0, 0.05) is 0 Å². The van der Waals surface area contributed by atoms with Gasteiger partial charge >= 0.3 is 0 Å². The molecular weight excluding hydrogens is 492 g/mol. The first-order chi connectivity index (χ1) is 17.7. The molecule has 0 bridgehead atoms. The molecule has 1 aliphatic rings. The standard InChI is InChI=1S/C28H32N2O6S/c1-19(2)23-7-5-6-8-25(23)35-16-15-29-28(31)27-18-30(24-17-20(3)9-14-26(24)36-27)37(32,33)22-12-10-21(34-4)11-13-22/h5-14,17,19,27H,15-16,18H2,1-4H3,(H,29,31)/t27-/m0/s1. The summed E-state index contributed by atoms with van der Waals surface area (Å²) >= 11 is 0. The van der Waals surface area contributed by atoms with Crippen molar-refractivity contribution in [3.05, 3.63) is 77.9 Å². The third-order valence-electron chi connectivity index (χ3n) is 6.12. The fraction of sp³-hybridized carbons (Fsp3) is 0.321. The Bertz CT molecular complexity index is 1360. The summed E-state index contributed by atoms with van der Waals surface area (Å²) in [5.41, 5.74) is 2.36. The van der Waals surface area contributed by atoms with Gasteiger partial charge in [-0.15, -0.1) is 0 Å². The summed E-state index contributed by atoms with van der Waals surface area (Å²) in [7, 11) is -2.45. The van der Waals surface area contributed by atoms with E-state index >= 15 is 0 Å². The zero-order valence-corrected chi connectivity index (χ0v) is 22.2. The Morgan fingerprint density at radius 1 is 1.11 bits per heavy atom. The Hall–Kier alpha value is -3.72. The van der Waals surface area contributed by atoms with E-state index in [0.29, 0.717) is 23.1 Å². The van der Waals surface area contributed by atoms with Crippen molar-refractivity contribution in [2.24, 2.45) is 0 Å². The van der Waals surface area contributed by atoms with Crippen LogP contribution < -0.4 is 23.8 Å². The number of amides is 1. The normalized spacial score (nSPS) is 15.1. The highest BCUT2D eigenvalue weighted by Gasteiger charge is 2.37. The third kappa shape index (κ3) is 5.83. The number of hydrogen-bond donors (Lipinski definition) is 1. The second-order valence-corrected chi connectivity index (χ2v) is 11.0. The maximum Gasteiger partial charge on any atom is 0.264 e. The van der Waals surface area contributed by atoms with Gasteiger partial charge in [0.05, 0.1) is 30.8 Å². The van der Waals surface area contributed by atoms with Crippen LogP contribution in [0.4, 0.5) is 5.69 Å². The van der Waals surface area contributed by atoms with Gasteiger partial charge in [-0.2, -0.15) is 0 Å². The number of ether oxygens (including phenoxy) is 3. The average molecular weight is 525 g/mol. The first-order valence-electron chi connectivity index (χ1n) is 12.1. The molecule has 0 aliphatic carbocycles. The molecule has 0 spiro atoms. The molecular formula is C28H32N2O6S. The van der Waals surface area contributed by atoms with E-state index in [9.17, 15) is 13.2 Å². The molecule has 0 saturated carbocycles. The van der Waals surface area contributed by atoms with Gasteiger partial charge in [-0.1, -0.05) is 38.1 Å². The highest BCUT2D eigenvalue weighted by atomic mass is 32.2. The second kappa shape index (κ2) is 11.1. The van der Waals surface area contributed by atoms with E-state index in [1.807, 2.05) is 37.3 Å². The van der Waals surface area contributed by atoms with Gasteiger partial charge in [-0.05, 0) is 66.4 Å². The number of nitrogens with zero attached hydrogens (tertiary/aromatic N) is 1. The molecule has 196 valence electrons. The van der Waals surface area contributed by atoms with Crippen LogP contribution in [-0.2, 0) is 14.8 Å². The van der Waals surface area contributed by atoms with Gasteiger partial charge in [-0.25, -0.2) is 8.42 Å². The van der Waals surface area contributed by atoms with E-state index < -0.39 is 22.0 Å². The lowest BCUT2D eigenvalue weighted by atomic mass is 10.0. The number of carbonyl (C=O) groups is 1. The van der Waals surface area contributed by atoms with Gasteiger partial charge in [-0.3, -0.25) is 9.10 Å². The molecule has 1 amide bonds. The predicted molar refractivity (Wildman–Crippen MR) is 142 cm³/mol. The Balaban J connectivity index is 1.48. The van der Waals surface area contributed by atoms with Gasteiger partial charge in [0.25, 0.3) is 15.9 Å². The minimum Gasteiger partial charge on any atom is -0.497 e. The number of methoxy groups -OCH3 is 1. The summed E-state index contributed by atoms with van der Waals surface area (Å²) in [5, 5.41) is 2.81. The molecule has 3 aromatic rings. The molecule has 8 nitrogen and oxygen atoms in total. The van der Waals surface area contributed by atoms with Crippen LogP contribution in [0, 0.1) is 6.92 Å². The van der Waals surface area contributed by atoms with E-state index in [1.54, 1.807) is 24.3 Å². The number of para-hydroxylation sites is 1. The molecule has 9 heteroatoms. The van der Waals surface area contributed by atoms with Crippen molar-refractivity contribution in [3.63, 3.8) is 0 Å². The van der Waals surface area contributed by atoms with Gasteiger partial charge in [0.15, 0.2) is 6.10 Å². The van der Waals surface area contributed by atoms with Gasteiger partial charge < -0.3 is 19.5 Å². The number of carbonyl (C=O) groups excluding carboxylic acids is 1. The molecule has 0 unspecified atom stereocenters. The van der Waals surface area contributed by atoms with Crippen molar-refractivity contribution in [1.29, 1.82) is 0 Å². The molecule has 0 radical (unpaired) electrons.